The number of rotatable bonds is 2. The maximum Gasteiger partial charge on any atom is 0.410 e. The Morgan fingerprint density at radius 3 is 2.35 bits per heavy atom. The fraction of sp³-hybridized carbons (Fsp3) is 0.882. The van der Waals surface area contributed by atoms with Gasteiger partial charge in [-0.2, -0.15) is 12.6 Å². The summed E-state index contributed by atoms with van der Waals surface area (Å²) in [5, 5.41) is 0.182. The lowest BCUT2D eigenvalue weighted by Crippen LogP contribution is -2.50. The fourth-order valence-electron chi connectivity index (χ4n) is 4.29. The molecule has 0 aromatic heterocycles. The van der Waals surface area contributed by atoms with Gasteiger partial charge in [-0.05, 0) is 52.4 Å². The molecule has 3 fully saturated rings. The first-order valence-electron chi connectivity index (χ1n) is 8.70. The van der Waals surface area contributed by atoms with E-state index in [2.05, 4.69) is 12.6 Å². The van der Waals surface area contributed by atoms with Crippen LogP contribution in [0, 0.1) is 5.92 Å². The zero-order valence-corrected chi connectivity index (χ0v) is 15.2. The molecule has 4 atom stereocenters. The molecule has 5 nitrogen and oxygen atoms in total. The highest BCUT2D eigenvalue weighted by Gasteiger charge is 2.45. The van der Waals surface area contributed by atoms with Crippen molar-refractivity contribution in [3.8, 4) is 0 Å². The zero-order chi connectivity index (χ0) is 16.8. The zero-order valence-electron chi connectivity index (χ0n) is 14.3. The van der Waals surface area contributed by atoms with E-state index in [0.29, 0.717) is 12.3 Å². The standard InChI is InChI=1S/C17H28N2O3S/c1-17(2,3)22-16(21)19-12-4-5-13(19)7-11(6-12)9-18-10-14(23)8-15(18)20/h11-14,23H,4-10H2,1-3H3/t11?,12-,13+,14?. The van der Waals surface area contributed by atoms with Crippen molar-refractivity contribution in [3.63, 3.8) is 0 Å². The highest BCUT2D eigenvalue weighted by atomic mass is 32.1. The predicted octanol–water partition coefficient (Wildman–Crippen LogP) is 2.70. The first-order valence-corrected chi connectivity index (χ1v) is 9.21. The van der Waals surface area contributed by atoms with Crippen molar-refractivity contribution < 1.29 is 14.3 Å². The molecule has 0 aromatic rings. The topological polar surface area (TPSA) is 49.9 Å². The summed E-state index contributed by atoms with van der Waals surface area (Å²) in [5.74, 6) is 0.723. The molecular formula is C17H28N2O3S. The minimum absolute atomic E-state index is 0.170. The van der Waals surface area contributed by atoms with E-state index in [1.54, 1.807) is 0 Å². The highest BCUT2D eigenvalue weighted by molar-refractivity contribution is 7.81. The van der Waals surface area contributed by atoms with Gasteiger partial charge in [0.15, 0.2) is 0 Å². The number of nitrogens with zero attached hydrogens (tertiary/aromatic N) is 2. The molecule has 3 heterocycles. The summed E-state index contributed by atoms with van der Waals surface area (Å²) >= 11 is 4.43. The Balaban J connectivity index is 1.59. The molecule has 3 rings (SSSR count). The molecule has 2 amide bonds. The lowest BCUT2D eigenvalue weighted by Gasteiger charge is -2.40. The second-order valence-corrected chi connectivity index (χ2v) is 9.00. The van der Waals surface area contributed by atoms with Gasteiger partial charge >= 0.3 is 6.09 Å². The number of carbonyl (C=O) groups is 2. The molecule has 6 heteroatoms. The second-order valence-electron chi connectivity index (χ2n) is 8.27. The monoisotopic (exact) mass is 340 g/mol. The van der Waals surface area contributed by atoms with Crippen LogP contribution in [0.5, 0.6) is 0 Å². The van der Waals surface area contributed by atoms with Crippen molar-refractivity contribution in [2.75, 3.05) is 13.1 Å². The van der Waals surface area contributed by atoms with Crippen LogP contribution in [-0.2, 0) is 9.53 Å². The van der Waals surface area contributed by atoms with Crippen molar-refractivity contribution in [2.24, 2.45) is 5.92 Å². The molecule has 3 saturated heterocycles. The molecule has 130 valence electrons. The summed E-state index contributed by atoms with van der Waals surface area (Å²) in [7, 11) is 0. The van der Waals surface area contributed by atoms with Gasteiger partial charge in [0.2, 0.25) is 5.91 Å². The van der Waals surface area contributed by atoms with Crippen LogP contribution in [0.25, 0.3) is 0 Å². The third-order valence-electron chi connectivity index (χ3n) is 5.11. The Kier molecular flexibility index (Phi) is 4.55. The van der Waals surface area contributed by atoms with Gasteiger partial charge in [0.1, 0.15) is 5.60 Å². The van der Waals surface area contributed by atoms with Gasteiger partial charge < -0.3 is 14.5 Å². The van der Waals surface area contributed by atoms with Gasteiger partial charge in [0.25, 0.3) is 0 Å². The van der Waals surface area contributed by atoms with Gasteiger partial charge in [0, 0.05) is 36.8 Å². The van der Waals surface area contributed by atoms with Crippen molar-refractivity contribution >= 4 is 24.6 Å². The number of likely N-dealkylation sites (tertiary alicyclic amines) is 1. The molecule has 3 aliphatic rings. The summed E-state index contributed by atoms with van der Waals surface area (Å²) < 4.78 is 5.57. The Hall–Kier alpha value is -0.910. The maximum absolute atomic E-state index is 12.4. The van der Waals surface area contributed by atoms with Crippen LogP contribution < -0.4 is 0 Å². The molecule has 0 aliphatic carbocycles. The SMILES string of the molecule is CC(C)(C)OC(=O)N1[C@@H]2CC[C@H]1CC(CN1CC(S)CC1=O)C2. The van der Waals surface area contributed by atoms with Gasteiger partial charge in [0.05, 0.1) is 0 Å². The van der Waals surface area contributed by atoms with E-state index in [4.69, 9.17) is 4.74 Å². The smallest absolute Gasteiger partial charge is 0.410 e. The van der Waals surface area contributed by atoms with Crippen LogP contribution in [-0.4, -0.2) is 57.8 Å². The number of fused-ring (bicyclic) bond motifs is 2. The minimum atomic E-state index is -0.447. The lowest BCUT2D eigenvalue weighted by atomic mass is 9.90. The molecular weight excluding hydrogens is 312 g/mol. The van der Waals surface area contributed by atoms with Crippen LogP contribution >= 0.6 is 12.6 Å². The summed E-state index contributed by atoms with van der Waals surface area (Å²) in [5.41, 5.74) is -0.447. The number of carbonyl (C=O) groups excluding carboxylic acids is 2. The number of hydrogen-bond acceptors (Lipinski definition) is 4. The average Bonchev–Trinajstić information content (AvgIpc) is 2.85. The Bertz CT molecular complexity index is 477. The number of thiol groups is 1. The number of ether oxygens (including phenoxy) is 1. The number of piperidine rings is 1. The third-order valence-corrected chi connectivity index (χ3v) is 5.45. The first-order chi connectivity index (χ1) is 10.7. The summed E-state index contributed by atoms with van der Waals surface area (Å²) in [4.78, 5) is 28.3. The summed E-state index contributed by atoms with van der Waals surface area (Å²) in [6.45, 7) is 7.32. The molecule has 23 heavy (non-hydrogen) atoms. The molecule has 0 spiro atoms. The molecule has 2 bridgehead atoms. The Morgan fingerprint density at radius 2 is 1.87 bits per heavy atom. The van der Waals surface area contributed by atoms with E-state index < -0.39 is 5.60 Å². The number of amides is 2. The van der Waals surface area contributed by atoms with E-state index in [9.17, 15) is 9.59 Å². The predicted molar refractivity (Wildman–Crippen MR) is 91.6 cm³/mol. The van der Waals surface area contributed by atoms with Crippen LogP contribution in [0.15, 0.2) is 0 Å². The maximum atomic E-state index is 12.4. The third kappa shape index (κ3) is 3.78. The normalized spacial score (nSPS) is 34.2. The number of hydrogen-bond donors (Lipinski definition) is 1. The van der Waals surface area contributed by atoms with E-state index in [1.807, 2.05) is 30.6 Å². The van der Waals surface area contributed by atoms with Crippen molar-refractivity contribution in [1.82, 2.24) is 9.80 Å². The average molecular weight is 340 g/mol. The van der Waals surface area contributed by atoms with Crippen LogP contribution in [0.2, 0.25) is 0 Å². The van der Waals surface area contributed by atoms with Crippen LogP contribution in [0.4, 0.5) is 4.79 Å². The molecule has 0 radical (unpaired) electrons. The summed E-state index contributed by atoms with van der Waals surface area (Å²) in [6, 6.07) is 0.552. The molecule has 0 saturated carbocycles. The van der Waals surface area contributed by atoms with Crippen molar-refractivity contribution in [3.05, 3.63) is 0 Å². The quantitative estimate of drug-likeness (QED) is 0.786. The van der Waals surface area contributed by atoms with Crippen LogP contribution in [0.1, 0.15) is 52.9 Å². The Labute approximate surface area is 144 Å². The molecule has 3 aliphatic heterocycles. The van der Waals surface area contributed by atoms with E-state index in [1.165, 1.54) is 0 Å². The Morgan fingerprint density at radius 1 is 1.26 bits per heavy atom. The van der Waals surface area contributed by atoms with Crippen molar-refractivity contribution in [1.29, 1.82) is 0 Å². The lowest BCUT2D eigenvalue weighted by molar-refractivity contribution is -0.128. The minimum Gasteiger partial charge on any atom is -0.444 e. The van der Waals surface area contributed by atoms with Crippen LogP contribution in [0.3, 0.4) is 0 Å². The first kappa shape index (κ1) is 16.9. The van der Waals surface area contributed by atoms with Gasteiger partial charge in [-0.1, -0.05) is 0 Å². The summed E-state index contributed by atoms with van der Waals surface area (Å²) in [6.07, 6.45) is 4.48. The molecule has 2 unspecified atom stereocenters. The fourth-order valence-corrected chi connectivity index (χ4v) is 4.64. The van der Waals surface area contributed by atoms with Gasteiger partial charge in [-0.3, -0.25) is 4.79 Å². The highest BCUT2D eigenvalue weighted by Crippen LogP contribution is 2.40. The second kappa shape index (κ2) is 6.19. The largest absolute Gasteiger partial charge is 0.444 e. The molecule has 0 aromatic carbocycles. The van der Waals surface area contributed by atoms with Gasteiger partial charge in [-0.25, -0.2) is 4.79 Å². The van der Waals surface area contributed by atoms with Gasteiger partial charge in [-0.15, -0.1) is 0 Å². The van der Waals surface area contributed by atoms with E-state index >= 15 is 0 Å². The van der Waals surface area contributed by atoms with Crippen molar-refractivity contribution in [2.45, 2.75) is 75.8 Å². The molecule has 0 N–H and O–H groups in total. The van der Waals surface area contributed by atoms with E-state index in [0.717, 1.165) is 38.8 Å². The van der Waals surface area contributed by atoms with E-state index in [-0.39, 0.29) is 29.3 Å².